The van der Waals surface area contributed by atoms with Gasteiger partial charge in [0.25, 0.3) is 5.91 Å². The minimum atomic E-state index is -0.949. The van der Waals surface area contributed by atoms with E-state index in [0.717, 1.165) is 0 Å². The van der Waals surface area contributed by atoms with E-state index in [9.17, 15) is 9.59 Å². The van der Waals surface area contributed by atoms with Gasteiger partial charge in [-0.3, -0.25) is 20.4 Å². The van der Waals surface area contributed by atoms with E-state index in [2.05, 4.69) is 10.9 Å². The van der Waals surface area contributed by atoms with Gasteiger partial charge < -0.3 is 4.74 Å². The zero-order chi connectivity index (χ0) is 20.0. The molecule has 0 saturated carbocycles. The van der Waals surface area contributed by atoms with Crippen molar-refractivity contribution in [3.05, 3.63) is 63.6 Å². The highest BCUT2D eigenvalue weighted by atomic mass is 35.5. The molecule has 0 aliphatic rings. The molecule has 0 atom stereocenters. The van der Waals surface area contributed by atoms with Crippen LogP contribution in [0.1, 0.15) is 25.0 Å². The number of nitrogens with one attached hydrogen (secondary N) is 2. The lowest BCUT2D eigenvalue weighted by molar-refractivity contribution is -0.132. The van der Waals surface area contributed by atoms with Crippen molar-refractivity contribution in [1.29, 1.82) is 5.26 Å². The molecular formula is C19H17Cl2N3O3. The van der Waals surface area contributed by atoms with Crippen LogP contribution in [-0.2, 0) is 15.0 Å². The van der Waals surface area contributed by atoms with E-state index in [0.29, 0.717) is 26.9 Å². The summed E-state index contributed by atoms with van der Waals surface area (Å²) in [5.41, 5.74) is 4.87. The van der Waals surface area contributed by atoms with Crippen molar-refractivity contribution in [2.45, 2.75) is 19.3 Å². The van der Waals surface area contributed by atoms with Gasteiger partial charge in [-0.15, -0.1) is 0 Å². The van der Waals surface area contributed by atoms with E-state index in [1.165, 1.54) is 0 Å². The van der Waals surface area contributed by atoms with E-state index in [1.54, 1.807) is 56.3 Å². The number of carbonyl (C=O) groups is 2. The van der Waals surface area contributed by atoms with Gasteiger partial charge in [0, 0.05) is 0 Å². The van der Waals surface area contributed by atoms with Crippen LogP contribution in [0.15, 0.2) is 42.5 Å². The first kappa shape index (κ1) is 20.6. The van der Waals surface area contributed by atoms with Gasteiger partial charge in [-0.25, -0.2) is 0 Å². The first-order valence-electron chi connectivity index (χ1n) is 7.92. The molecule has 27 heavy (non-hydrogen) atoms. The van der Waals surface area contributed by atoms with Gasteiger partial charge >= 0.3 is 0 Å². The molecule has 0 saturated heterocycles. The second-order valence-corrected chi connectivity index (χ2v) is 7.00. The molecule has 0 heterocycles. The summed E-state index contributed by atoms with van der Waals surface area (Å²) in [6, 6.07) is 13.2. The molecule has 0 unspecified atom stereocenters. The summed E-state index contributed by atoms with van der Waals surface area (Å²) in [5.74, 6) is -0.517. The van der Waals surface area contributed by atoms with Crippen LogP contribution in [-0.4, -0.2) is 18.4 Å². The van der Waals surface area contributed by atoms with Crippen LogP contribution >= 0.6 is 23.2 Å². The first-order chi connectivity index (χ1) is 12.7. The summed E-state index contributed by atoms with van der Waals surface area (Å²) in [6.07, 6.45) is 0. The number of hydrogen-bond donors (Lipinski definition) is 2. The molecule has 0 fully saturated rings. The summed E-state index contributed by atoms with van der Waals surface area (Å²) in [4.78, 5) is 24.3. The molecule has 2 amide bonds. The Morgan fingerprint density at radius 3 is 2.33 bits per heavy atom. The topological polar surface area (TPSA) is 91.2 Å². The molecule has 0 aliphatic heterocycles. The molecule has 140 valence electrons. The minimum absolute atomic E-state index is 0.292. The van der Waals surface area contributed by atoms with Crippen LogP contribution in [0.25, 0.3) is 0 Å². The third-order valence-electron chi connectivity index (χ3n) is 3.88. The van der Waals surface area contributed by atoms with Crippen molar-refractivity contribution < 1.29 is 14.3 Å². The molecule has 0 bridgehead atoms. The fourth-order valence-electron chi connectivity index (χ4n) is 2.11. The Balaban J connectivity index is 1.88. The standard InChI is InChI=1S/C19H17Cl2N3O3/c1-19(2,13-5-8-15(20)16(21)9-13)18(26)24-23-17(25)11-27-14-6-3-12(10-22)4-7-14/h3-9H,11H2,1-2H3,(H,23,25)(H,24,26). The lowest BCUT2D eigenvalue weighted by atomic mass is 9.84. The molecule has 2 aromatic rings. The van der Waals surface area contributed by atoms with Gasteiger partial charge in [-0.05, 0) is 55.8 Å². The third-order valence-corrected chi connectivity index (χ3v) is 4.62. The van der Waals surface area contributed by atoms with Gasteiger partial charge in [0.15, 0.2) is 6.61 Å². The van der Waals surface area contributed by atoms with Crippen LogP contribution in [0.3, 0.4) is 0 Å². The summed E-state index contributed by atoms with van der Waals surface area (Å²) in [7, 11) is 0. The van der Waals surface area contributed by atoms with Gasteiger partial charge in [0.2, 0.25) is 5.91 Å². The van der Waals surface area contributed by atoms with Crippen molar-refractivity contribution >= 4 is 35.0 Å². The Hall–Kier alpha value is -2.75. The predicted octanol–water partition coefficient (Wildman–Crippen LogP) is 3.37. The van der Waals surface area contributed by atoms with Crippen LogP contribution in [0, 0.1) is 11.3 Å². The molecule has 0 aliphatic carbocycles. The SMILES string of the molecule is CC(C)(C(=O)NNC(=O)COc1ccc(C#N)cc1)c1ccc(Cl)c(Cl)c1. The monoisotopic (exact) mass is 405 g/mol. The highest BCUT2D eigenvalue weighted by molar-refractivity contribution is 6.42. The van der Waals surface area contributed by atoms with Gasteiger partial charge in [-0.2, -0.15) is 5.26 Å². The maximum atomic E-state index is 12.4. The fourth-order valence-corrected chi connectivity index (χ4v) is 2.41. The largest absolute Gasteiger partial charge is 0.484 e. The summed E-state index contributed by atoms with van der Waals surface area (Å²) >= 11 is 11.9. The number of nitrogens with zero attached hydrogens (tertiary/aromatic N) is 1. The van der Waals surface area contributed by atoms with Crippen molar-refractivity contribution in [1.82, 2.24) is 10.9 Å². The molecule has 0 spiro atoms. The van der Waals surface area contributed by atoms with E-state index in [1.807, 2.05) is 6.07 Å². The lowest BCUT2D eigenvalue weighted by Gasteiger charge is -2.24. The Morgan fingerprint density at radius 2 is 1.74 bits per heavy atom. The number of hydrazine groups is 1. The summed E-state index contributed by atoms with van der Waals surface area (Å²) in [5, 5.41) is 9.47. The number of rotatable bonds is 5. The van der Waals surface area contributed by atoms with E-state index >= 15 is 0 Å². The smallest absolute Gasteiger partial charge is 0.276 e. The lowest BCUT2D eigenvalue weighted by Crippen LogP contribution is -2.50. The van der Waals surface area contributed by atoms with Crippen molar-refractivity contribution in [3.63, 3.8) is 0 Å². The number of ether oxygens (including phenoxy) is 1. The minimum Gasteiger partial charge on any atom is -0.484 e. The Bertz CT molecular complexity index is 890. The van der Waals surface area contributed by atoms with E-state index < -0.39 is 17.2 Å². The fraction of sp³-hybridized carbons (Fsp3) is 0.211. The first-order valence-corrected chi connectivity index (χ1v) is 8.67. The summed E-state index contributed by atoms with van der Waals surface area (Å²) in [6.45, 7) is 3.10. The number of amides is 2. The molecule has 2 rings (SSSR count). The number of benzene rings is 2. The highest BCUT2D eigenvalue weighted by Crippen LogP contribution is 2.30. The number of halogens is 2. The maximum Gasteiger partial charge on any atom is 0.276 e. The molecule has 6 nitrogen and oxygen atoms in total. The second kappa shape index (κ2) is 8.76. The predicted molar refractivity (Wildman–Crippen MR) is 102 cm³/mol. The van der Waals surface area contributed by atoms with Gasteiger partial charge in [0.05, 0.1) is 27.1 Å². The number of hydrogen-bond acceptors (Lipinski definition) is 4. The number of carbonyl (C=O) groups excluding carboxylic acids is 2. The van der Waals surface area contributed by atoms with Crippen molar-refractivity contribution in [2.24, 2.45) is 0 Å². The molecule has 8 heteroatoms. The Morgan fingerprint density at radius 1 is 1.07 bits per heavy atom. The Labute approximate surface area is 167 Å². The zero-order valence-corrected chi connectivity index (χ0v) is 16.2. The van der Waals surface area contributed by atoms with Crippen LogP contribution in [0.5, 0.6) is 5.75 Å². The van der Waals surface area contributed by atoms with E-state index in [-0.39, 0.29) is 6.61 Å². The van der Waals surface area contributed by atoms with Crippen LogP contribution in [0.2, 0.25) is 10.0 Å². The van der Waals surface area contributed by atoms with Gasteiger partial charge in [-0.1, -0.05) is 29.3 Å². The molecule has 0 radical (unpaired) electrons. The van der Waals surface area contributed by atoms with Crippen molar-refractivity contribution in [2.75, 3.05) is 6.61 Å². The van der Waals surface area contributed by atoms with E-state index in [4.69, 9.17) is 33.2 Å². The second-order valence-electron chi connectivity index (χ2n) is 6.18. The molecular weight excluding hydrogens is 389 g/mol. The molecule has 0 aromatic heterocycles. The molecule has 2 N–H and O–H groups in total. The molecule has 2 aromatic carbocycles. The maximum absolute atomic E-state index is 12.4. The highest BCUT2D eigenvalue weighted by Gasteiger charge is 2.30. The average molecular weight is 406 g/mol. The van der Waals surface area contributed by atoms with Gasteiger partial charge in [0.1, 0.15) is 5.75 Å². The zero-order valence-electron chi connectivity index (χ0n) is 14.7. The van der Waals surface area contributed by atoms with Crippen molar-refractivity contribution in [3.8, 4) is 11.8 Å². The van der Waals surface area contributed by atoms with Crippen LogP contribution < -0.4 is 15.6 Å². The Kier molecular flexibility index (Phi) is 6.67. The third kappa shape index (κ3) is 5.36. The summed E-state index contributed by atoms with van der Waals surface area (Å²) < 4.78 is 5.29. The quantitative estimate of drug-likeness (QED) is 0.745. The normalized spacial score (nSPS) is 10.6. The number of nitriles is 1. The average Bonchev–Trinajstić information content (AvgIpc) is 2.66. The van der Waals surface area contributed by atoms with Crippen LogP contribution in [0.4, 0.5) is 0 Å².